The third-order valence-corrected chi connectivity index (χ3v) is 3.66. The van der Waals surface area contributed by atoms with Crippen molar-refractivity contribution in [2.75, 3.05) is 20.3 Å². The Morgan fingerprint density at radius 1 is 1.03 bits per heavy atom. The molecule has 0 radical (unpaired) electrons. The Kier molecular flexibility index (Phi) is 8.33. The monoisotopic (exact) mass is 399 g/mol. The number of nitrogens with one attached hydrogen (secondary N) is 2. The Bertz CT molecular complexity index is 863. The first-order chi connectivity index (χ1) is 14.0. The van der Waals surface area contributed by atoms with Gasteiger partial charge in [0.15, 0.2) is 0 Å². The molecule has 0 bridgehead atoms. The summed E-state index contributed by atoms with van der Waals surface area (Å²) >= 11 is 0. The van der Waals surface area contributed by atoms with E-state index in [1.165, 1.54) is 25.5 Å². The lowest BCUT2D eigenvalue weighted by molar-refractivity contribution is -0.139. The normalized spacial score (nSPS) is 10.5. The number of amides is 2. The first-order valence-corrected chi connectivity index (χ1v) is 8.65. The van der Waals surface area contributed by atoms with Crippen LogP contribution in [-0.2, 0) is 20.9 Å². The van der Waals surface area contributed by atoms with E-state index in [9.17, 15) is 14.4 Å². The largest absolute Gasteiger partial charge is 0.489 e. The number of benzene rings is 2. The van der Waals surface area contributed by atoms with Gasteiger partial charge in [-0.25, -0.2) is 10.2 Å². The van der Waals surface area contributed by atoms with E-state index >= 15 is 0 Å². The minimum absolute atomic E-state index is 0.219. The highest BCUT2D eigenvalue weighted by Gasteiger charge is 2.11. The van der Waals surface area contributed by atoms with E-state index in [4.69, 9.17) is 14.6 Å². The van der Waals surface area contributed by atoms with E-state index in [0.29, 0.717) is 24.5 Å². The van der Waals surface area contributed by atoms with Gasteiger partial charge in [0.25, 0.3) is 0 Å². The molecule has 2 amide bonds. The maximum Gasteiger partial charge on any atom is 0.335 e. The van der Waals surface area contributed by atoms with Crippen LogP contribution in [0.15, 0.2) is 53.6 Å². The van der Waals surface area contributed by atoms with E-state index in [0.717, 1.165) is 5.56 Å². The molecular formula is C20H21N3O6. The Morgan fingerprint density at radius 2 is 1.72 bits per heavy atom. The summed E-state index contributed by atoms with van der Waals surface area (Å²) in [6, 6.07) is 13.4. The summed E-state index contributed by atoms with van der Waals surface area (Å²) in [6.45, 7) is 0.837. The van der Waals surface area contributed by atoms with Gasteiger partial charge in [-0.05, 0) is 47.5 Å². The topological polar surface area (TPSA) is 126 Å². The van der Waals surface area contributed by atoms with Crippen LogP contribution in [0, 0.1) is 0 Å². The second-order valence-electron chi connectivity index (χ2n) is 5.81. The van der Waals surface area contributed by atoms with Crippen LogP contribution >= 0.6 is 0 Å². The first-order valence-electron chi connectivity index (χ1n) is 8.65. The molecular weight excluding hydrogens is 378 g/mol. The zero-order valence-corrected chi connectivity index (χ0v) is 15.8. The van der Waals surface area contributed by atoms with Gasteiger partial charge in [-0.15, -0.1) is 0 Å². The fourth-order valence-electron chi connectivity index (χ4n) is 2.12. The van der Waals surface area contributed by atoms with Crippen molar-refractivity contribution in [3.05, 3.63) is 65.2 Å². The number of aromatic carboxylic acids is 1. The summed E-state index contributed by atoms with van der Waals surface area (Å²) in [6.07, 6.45) is 1.40. The van der Waals surface area contributed by atoms with Gasteiger partial charge in [-0.2, -0.15) is 5.10 Å². The lowest BCUT2D eigenvalue weighted by Gasteiger charge is -2.07. The summed E-state index contributed by atoms with van der Waals surface area (Å²) in [5.41, 5.74) is 3.89. The summed E-state index contributed by atoms with van der Waals surface area (Å²) in [7, 11) is 1.49. The molecule has 152 valence electrons. The molecule has 0 aromatic heterocycles. The zero-order chi connectivity index (χ0) is 21.1. The molecule has 0 heterocycles. The Balaban J connectivity index is 1.79. The van der Waals surface area contributed by atoms with Crippen molar-refractivity contribution >= 4 is 24.0 Å². The van der Waals surface area contributed by atoms with Gasteiger partial charge >= 0.3 is 17.8 Å². The molecule has 2 aromatic rings. The number of hydrogen-bond acceptors (Lipinski definition) is 6. The highest BCUT2D eigenvalue weighted by molar-refractivity contribution is 6.35. The molecule has 0 spiro atoms. The van der Waals surface area contributed by atoms with Gasteiger partial charge < -0.3 is 19.9 Å². The van der Waals surface area contributed by atoms with E-state index in [2.05, 4.69) is 15.8 Å². The average Bonchev–Trinajstić information content (AvgIpc) is 2.73. The number of carboxylic acid groups (broad SMARTS) is 1. The number of carbonyl (C=O) groups is 3. The molecule has 9 heteroatoms. The fourth-order valence-corrected chi connectivity index (χ4v) is 2.12. The van der Waals surface area contributed by atoms with Gasteiger partial charge in [0, 0.05) is 13.7 Å². The van der Waals surface area contributed by atoms with Crippen molar-refractivity contribution in [1.82, 2.24) is 10.7 Å². The lowest BCUT2D eigenvalue weighted by Crippen LogP contribution is -2.39. The number of carboxylic acids is 1. The Morgan fingerprint density at radius 3 is 2.34 bits per heavy atom. The molecule has 0 fully saturated rings. The van der Waals surface area contributed by atoms with Gasteiger partial charge in [0.05, 0.1) is 18.4 Å². The van der Waals surface area contributed by atoms with Gasteiger partial charge in [-0.1, -0.05) is 12.1 Å². The Labute approximate surface area is 167 Å². The molecule has 0 saturated heterocycles. The molecule has 0 unspecified atom stereocenters. The van der Waals surface area contributed by atoms with Crippen molar-refractivity contribution in [1.29, 1.82) is 0 Å². The summed E-state index contributed by atoms with van der Waals surface area (Å²) < 4.78 is 10.4. The lowest BCUT2D eigenvalue weighted by atomic mass is 10.1. The van der Waals surface area contributed by atoms with Crippen LogP contribution in [-0.4, -0.2) is 49.4 Å². The second kappa shape index (κ2) is 11.2. The molecule has 29 heavy (non-hydrogen) atoms. The van der Waals surface area contributed by atoms with E-state index in [-0.39, 0.29) is 12.1 Å². The molecule has 2 rings (SSSR count). The highest BCUT2D eigenvalue weighted by Crippen LogP contribution is 2.14. The second-order valence-corrected chi connectivity index (χ2v) is 5.81. The van der Waals surface area contributed by atoms with Gasteiger partial charge in [0.1, 0.15) is 12.4 Å². The van der Waals surface area contributed by atoms with Crippen molar-refractivity contribution in [3.63, 3.8) is 0 Å². The molecule has 0 aliphatic rings. The average molecular weight is 399 g/mol. The van der Waals surface area contributed by atoms with E-state index in [1.54, 1.807) is 36.4 Å². The number of rotatable bonds is 9. The first kappa shape index (κ1) is 21.6. The van der Waals surface area contributed by atoms with Gasteiger partial charge in [-0.3, -0.25) is 9.59 Å². The molecule has 0 aliphatic carbocycles. The minimum atomic E-state index is -0.974. The smallest absolute Gasteiger partial charge is 0.335 e. The maximum absolute atomic E-state index is 11.5. The van der Waals surface area contributed by atoms with Crippen LogP contribution in [0.25, 0.3) is 0 Å². The minimum Gasteiger partial charge on any atom is -0.489 e. The molecule has 0 saturated carbocycles. The number of hydrazone groups is 1. The van der Waals surface area contributed by atoms with Crippen LogP contribution in [0.4, 0.5) is 0 Å². The Hall–Kier alpha value is -3.72. The number of methoxy groups -OCH3 is 1. The van der Waals surface area contributed by atoms with Crippen molar-refractivity contribution in [2.45, 2.75) is 6.61 Å². The van der Waals surface area contributed by atoms with E-state index in [1.807, 2.05) is 0 Å². The number of hydrogen-bond donors (Lipinski definition) is 3. The zero-order valence-electron chi connectivity index (χ0n) is 15.8. The van der Waals surface area contributed by atoms with E-state index < -0.39 is 17.8 Å². The molecule has 9 nitrogen and oxygen atoms in total. The predicted molar refractivity (Wildman–Crippen MR) is 105 cm³/mol. The molecule has 2 aromatic carbocycles. The maximum atomic E-state index is 11.5. The number of carbonyl (C=O) groups excluding carboxylic acids is 2. The summed E-state index contributed by atoms with van der Waals surface area (Å²) in [4.78, 5) is 33.8. The van der Waals surface area contributed by atoms with Crippen LogP contribution in [0.3, 0.4) is 0 Å². The summed E-state index contributed by atoms with van der Waals surface area (Å²) in [5.74, 6) is -2.02. The van der Waals surface area contributed by atoms with Gasteiger partial charge in [0.2, 0.25) is 0 Å². The standard InChI is InChI=1S/C20H21N3O6/c1-28-11-10-21-18(24)19(25)23-22-12-14-4-8-17(9-5-14)29-13-15-2-6-16(7-3-15)20(26)27/h2-9,12H,10-11,13H2,1H3,(H,21,24)(H,23,25)(H,26,27)/b22-12-. The fraction of sp³-hybridized carbons (Fsp3) is 0.200. The quantitative estimate of drug-likeness (QED) is 0.252. The molecule has 0 atom stereocenters. The van der Waals surface area contributed by atoms with Crippen molar-refractivity contribution in [2.24, 2.45) is 5.10 Å². The number of ether oxygens (including phenoxy) is 2. The van der Waals surface area contributed by atoms with Crippen LogP contribution < -0.4 is 15.5 Å². The summed E-state index contributed by atoms with van der Waals surface area (Å²) in [5, 5.41) is 15.0. The van der Waals surface area contributed by atoms with Crippen molar-refractivity contribution < 1.29 is 29.0 Å². The predicted octanol–water partition coefficient (Wildman–Crippen LogP) is 1.18. The van der Waals surface area contributed by atoms with Crippen molar-refractivity contribution in [3.8, 4) is 5.75 Å². The van der Waals surface area contributed by atoms with Crippen LogP contribution in [0.1, 0.15) is 21.5 Å². The number of nitrogens with zero attached hydrogens (tertiary/aromatic N) is 1. The molecule has 3 N–H and O–H groups in total. The highest BCUT2D eigenvalue weighted by atomic mass is 16.5. The third kappa shape index (κ3) is 7.43. The van der Waals surface area contributed by atoms with Crippen LogP contribution in [0.5, 0.6) is 5.75 Å². The molecule has 0 aliphatic heterocycles. The SMILES string of the molecule is COCCNC(=O)C(=O)N/N=C\c1ccc(OCc2ccc(C(=O)O)cc2)cc1. The third-order valence-electron chi connectivity index (χ3n) is 3.66. The van der Waals surface area contributed by atoms with Crippen LogP contribution in [0.2, 0.25) is 0 Å².